The summed E-state index contributed by atoms with van der Waals surface area (Å²) in [7, 11) is 1.66. The number of rotatable bonds is 4. The van der Waals surface area contributed by atoms with Gasteiger partial charge in [-0.1, -0.05) is 48.9 Å². The number of aryl methyl sites for hydroxylation is 1. The van der Waals surface area contributed by atoms with Crippen LogP contribution in [0, 0.1) is 6.92 Å². The number of hydrogen-bond donors (Lipinski definition) is 0. The maximum atomic E-state index is 12.8. The average molecular weight is 376 g/mol. The third kappa shape index (κ3) is 3.15. The average Bonchev–Trinajstić information content (AvgIpc) is 3.22. The summed E-state index contributed by atoms with van der Waals surface area (Å²) in [4.78, 5) is 19.1. The minimum absolute atomic E-state index is 0.00406. The highest BCUT2D eigenvalue weighted by Crippen LogP contribution is 2.42. The van der Waals surface area contributed by atoms with Crippen LogP contribution in [0.15, 0.2) is 54.9 Å². The molecule has 1 aliphatic heterocycles. The van der Waals surface area contributed by atoms with Gasteiger partial charge in [0.25, 0.3) is 0 Å². The Bertz CT molecular complexity index is 963. The zero-order chi connectivity index (χ0) is 19.7. The van der Waals surface area contributed by atoms with Gasteiger partial charge in [0.2, 0.25) is 11.9 Å². The molecule has 0 spiro atoms. The van der Waals surface area contributed by atoms with E-state index in [1.807, 2.05) is 23.7 Å². The number of fused-ring (bicyclic) bond motifs is 1. The van der Waals surface area contributed by atoms with Crippen LogP contribution in [0.25, 0.3) is 0 Å². The van der Waals surface area contributed by atoms with Gasteiger partial charge < -0.3 is 4.74 Å². The molecule has 2 aromatic carbocycles. The van der Waals surface area contributed by atoms with E-state index in [0.717, 1.165) is 23.3 Å². The zero-order valence-electron chi connectivity index (χ0n) is 16.4. The monoisotopic (exact) mass is 376 g/mol. The Balaban J connectivity index is 1.80. The van der Waals surface area contributed by atoms with Gasteiger partial charge in [0.15, 0.2) is 0 Å². The molecule has 3 aromatic rings. The first-order valence-electron chi connectivity index (χ1n) is 9.54. The molecule has 0 fully saturated rings. The first kappa shape index (κ1) is 18.2. The van der Waals surface area contributed by atoms with Crippen molar-refractivity contribution in [3.8, 4) is 5.75 Å². The molecule has 6 nitrogen and oxygen atoms in total. The van der Waals surface area contributed by atoms with E-state index < -0.39 is 0 Å². The van der Waals surface area contributed by atoms with Crippen molar-refractivity contribution in [2.24, 2.45) is 0 Å². The summed E-state index contributed by atoms with van der Waals surface area (Å²) in [6.07, 6.45) is 2.68. The molecule has 1 aliphatic rings. The zero-order valence-corrected chi connectivity index (χ0v) is 16.4. The van der Waals surface area contributed by atoms with Gasteiger partial charge in [-0.05, 0) is 36.6 Å². The highest BCUT2D eigenvalue weighted by molar-refractivity contribution is 5.92. The molecule has 0 unspecified atom stereocenters. The molecule has 2 atom stereocenters. The van der Waals surface area contributed by atoms with Crippen LogP contribution in [0.5, 0.6) is 5.75 Å². The van der Waals surface area contributed by atoms with Gasteiger partial charge in [-0.2, -0.15) is 10.1 Å². The number of benzene rings is 2. The van der Waals surface area contributed by atoms with Crippen LogP contribution >= 0.6 is 0 Å². The fourth-order valence-electron chi connectivity index (χ4n) is 3.83. The summed E-state index contributed by atoms with van der Waals surface area (Å²) in [6, 6.07) is 16.3. The summed E-state index contributed by atoms with van der Waals surface area (Å²) in [5.74, 6) is 1.47. The Hall–Kier alpha value is -3.15. The van der Waals surface area contributed by atoms with Crippen molar-refractivity contribution < 1.29 is 9.53 Å². The number of nitrogens with zero attached hydrogens (tertiary/aromatic N) is 4. The Morgan fingerprint density at radius 1 is 1.07 bits per heavy atom. The van der Waals surface area contributed by atoms with E-state index in [2.05, 4.69) is 53.4 Å². The Morgan fingerprint density at radius 2 is 1.71 bits per heavy atom. The van der Waals surface area contributed by atoms with Crippen LogP contribution in [-0.4, -0.2) is 27.8 Å². The lowest BCUT2D eigenvalue weighted by Gasteiger charge is -2.39. The molecule has 0 N–H and O–H groups in total. The van der Waals surface area contributed by atoms with Crippen molar-refractivity contribution in [2.45, 2.75) is 38.8 Å². The SMILES string of the molecule is CCC(=O)N1c2ncnn2[C@H](c2ccc(OC)cc2)C[C@@H]1c1ccc(C)cc1. The maximum Gasteiger partial charge on any atom is 0.231 e. The number of hydrogen-bond acceptors (Lipinski definition) is 4. The fourth-order valence-corrected chi connectivity index (χ4v) is 3.83. The van der Waals surface area contributed by atoms with Crippen molar-refractivity contribution in [3.05, 3.63) is 71.5 Å². The number of ether oxygens (including phenoxy) is 1. The Labute approximate surface area is 164 Å². The molecule has 6 heteroatoms. The second-order valence-electron chi connectivity index (χ2n) is 7.07. The van der Waals surface area contributed by atoms with Crippen molar-refractivity contribution in [1.82, 2.24) is 14.8 Å². The van der Waals surface area contributed by atoms with Crippen molar-refractivity contribution in [1.29, 1.82) is 0 Å². The highest BCUT2D eigenvalue weighted by Gasteiger charge is 2.38. The molecule has 0 saturated carbocycles. The number of carbonyl (C=O) groups is 1. The normalized spacial score (nSPS) is 18.6. The van der Waals surface area contributed by atoms with Gasteiger partial charge >= 0.3 is 0 Å². The molecule has 0 saturated heterocycles. The summed E-state index contributed by atoms with van der Waals surface area (Å²) in [5.41, 5.74) is 3.43. The smallest absolute Gasteiger partial charge is 0.231 e. The number of aromatic nitrogens is 3. The third-order valence-corrected chi connectivity index (χ3v) is 5.36. The molecule has 1 aromatic heterocycles. The van der Waals surface area contributed by atoms with E-state index >= 15 is 0 Å². The second-order valence-corrected chi connectivity index (χ2v) is 7.07. The van der Waals surface area contributed by atoms with E-state index in [0.29, 0.717) is 12.4 Å². The summed E-state index contributed by atoms with van der Waals surface area (Å²) in [6.45, 7) is 3.95. The summed E-state index contributed by atoms with van der Waals surface area (Å²) >= 11 is 0. The first-order valence-corrected chi connectivity index (χ1v) is 9.54. The molecule has 1 amide bonds. The Kier molecular flexibility index (Phi) is 4.86. The number of anilines is 1. The van der Waals surface area contributed by atoms with Gasteiger partial charge in [-0.15, -0.1) is 0 Å². The predicted molar refractivity (Wildman–Crippen MR) is 107 cm³/mol. The van der Waals surface area contributed by atoms with E-state index in [4.69, 9.17) is 4.74 Å². The minimum atomic E-state index is -0.0862. The molecule has 0 bridgehead atoms. The lowest BCUT2D eigenvalue weighted by molar-refractivity contribution is -0.119. The largest absolute Gasteiger partial charge is 0.497 e. The van der Waals surface area contributed by atoms with Crippen molar-refractivity contribution >= 4 is 11.9 Å². The van der Waals surface area contributed by atoms with Gasteiger partial charge in [0.05, 0.1) is 19.2 Å². The minimum Gasteiger partial charge on any atom is -0.497 e. The van der Waals surface area contributed by atoms with Crippen LogP contribution < -0.4 is 9.64 Å². The topological polar surface area (TPSA) is 60.2 Å². The predicted octanol–water partition coefficient (Wildman–Crippen LogP) is 4.07. The van der Waals surface area contributed by atoms with E-state index in [1.54, 1.807) is 12.0 Å². The number of amides is 1. The van der Waals surface area contributed by atoms with Gasteiger partial charge in [0, 0.05) is 6.42 Å². The molecule has 144 valence electrons. The molecule has 4 rings (SSSR count). The molecular formula is C22H24N4O2. The van der Waals surface area contributed by atoms with Gasteiger partial charge in [-0.3, -0.25) is 9.69 Å². The second kappa shape index (κ2) is 7.46. The summed E-state index contributed by atoms with van der Waals surface area (Å²) in [5, 5.41) is 4.45. The number of methoxy groups -OCH3 is 1. The molecule has 0 aliphatic carbocycles. The standard InChI is InChI=1S/C22H24N4O2/c1-4-21(27)25-19(16-7-5-15(2)6-8-16)13-20(26-22(25)23-14-24-26)17-9-11-18(28-3)12-10-17/h5-12,14,19-20H,4,13H2,1-3H3/t19-,20+/m1/s1. The molecular weight excluding hydrogens is 352 g/mol. The quantitative estimate of drug-likeness (QED) is 0.689. The number of carbonyl (C=O) groups excluding carboxylic acids is 1. The first-order chi connectivity index (χ1) is 13.6. The molecule has 2 heterocycles. The molecule has 0 radical (unpaired) electrons. The van der Waals surface area contributed by atoms with Crippen LogP contribution in [0.4, 0.5) is 5.95 Å². The van der Waals surface area contributed by atoms with E-state index in [9.17, 15) is 4.79 Å². The van der Waals surface area contributed by atoms with Crippen molar-refractivity contribution in [3.63, 3.8) is 0 Å². The summed E-state index contributed by atoms with van der Waals surface area (Å²) < 4.78 is 7.15. The molecule has 28 heavy (non-hydrogen) atoms. The fraction of sp³-hybridized carbons (Fsp3) is 0.318. The van der Waals surface area contributed by atoms with E-state index in [-0.39, 0.29) is 18.0 Å². The third-order valence-electron chi connectivity index (χ3n) is 5.36. The Morgan fingerprint density at radius 3 is 2.36 bits per heavy atom. The lowest BCUT2D eigenvalue weighted by atomic mass is 9.91. The van der Waals surface area contributed by atoms with Crippen LogP contribution in [0.1, 0.15) is 48.5 Å². The maximum absolute atomic E-state index is 12.8. The van der Waals surface area contributed by atoms with Crippen LogP contribution in [-0.2, 0) is 4.79 Å². The van der Waals surface area contributed by atoms with E-state index in [1.165, 1.54) is 11.9 Å². The van der Waals surface area contributed by atoms with Gasteiger partial charge in [-0.25, -0.2) is 4.68 Å². The highest BCUT2D eigenvalue weighted by atomic mass is 16.5. The van der Waals surface area contributed by atoms with Crippen molar-refractivity contribution in [2.75, 3.05) is 12.0 Å². The van der Waals surface area contributed by atoms with Crippen LogP contribution in [0.3, 0.4) is 0 Å². The van der Waals surface area contributed by atoms with Crippen LogP contribution in [0.2, 0.25) is 0 Å². The van der Waals surface area contributed by atoms with Gasteiger partial charge in [0.1, 0.15) is 12.1 Å². The lowest BCUT2D eigenvalue weighted by Crippen LogP contribution is -2.42.